The zero-order chi connectivity index (χ0) is 20.8. The highest BCUT2D eigenvalue weighted by molar-refractivity contribution is 5.92. The average Bonchev–Trinajstić information content (AvgIpc) is 3.18. The third-order valence-corrected chi connectivity index (χ3v) is 4.06. The van der Waals surface area contributed by atoms with Crippen molar-refractivity contribution in [3.8, 4) is 17.2 Å². The van der Waals surface area contributed by atoms with Crippen LogP contribution in [0.25, 0.3) is 5.69 Å². The standard InChI is InChI=1S/C20H18F3N3O3/c1-28-17-7-6-13(12-18(17)29-20(22)23)8-10-24-19(27)15-9-11-26(25-15)16-5-3-2-4-14(16)21/h2-7,9,11-12,20H,8,10H2,1H3,(H,24,27). The van der Waals surface area contributed by atoms with Gasteiger partial charge in [0.05, 0.1) is 7.11 Å². The molecule has 0 spiro atoms. The Labute approximate surface area is 164 Å². The summed E-state index contributed by atoms with van der Waals surface area (Å²) in [5.74, 6) is -0.770. The van der Waals surface area contributed by atoms with Crippen LogP contribution in [0, 0.1) is 5.82 Å². The number of ether oxygens (including phenoxy) is 2. The van der Waals surface area contributed by atoms with Gasteiger partial charge in [0, 0.05) is 12.7 Å². The number of carbonyl (C=O) groups is 1. The lowest BCUT2D eigenvalue weighted by Gasteiger charge is -2.11. The van der Waals surface area contributed by atoms with Crippen LogP contribution in [0.4, 0.5) is 13.2 Å². The van der Waals surface area contributed by atoms with Gasteiger partial charge in [0.1, 0.15) is 11.5 Å². The number of rotatable bonds is 8. The maximum atomic E-state index is 13.8. The topological polar surface area (TPSA) is 65.4 Å². The van der Waals surface area contributed by atoms with Crippen LogP contribution in [0.1, 0.15) is 16.1 Å². The van der Waals surface area contributed by atoms with Gasteiger partial charge in [-0.15, -0.1) is 0 Å². The van der Waals surface area contributed by atoms with Crippen LogP contribution < -0.4 is 14.8 Å². The van der Waals surface area contributed by atoms with Crippen LogP contribution in [0.2, 0.25) is 0 Å². The highest BCUT2D eigenvalue weighted by Crippen LogP contribution is 2.29. The van der Waals surface area contributed by atoms with E-state index in [0.717, 1.165) is 0 Å². The second-order valence-electron chi connectivity index (χ2n) is 5.97. The molecule has 3 aromatic rings. The number of carbonyl (C=O) groups excluding carboxylic acids is 1. The van der Waals surface area contributed by atoms with Gasteiger partial charge in [-0.1, -0.05) is 18.2 Å². The predicted octanol–water partition coefficient (Wildman–Crippen LogP) is 3.59. The van der Waals surface area contributed by atoms with E-state index in [2.05, 4.69) is 15.2 Å². The molecule has 6 nitrogen and oxygen atoms in total. The number of amides is 1. The second-order valence-corrected chi connectivity index (χ2v) is 5.97. The molecule has 0 aliphatic rings. The fraction of sp³-hybridized carbons (Fsp3) is 0.200. The van der Waals surface area contributed by atoms with Crippen LogP contribution in [0.15, 0.2) is 54.7 Å². The minimum atomic E-state index is -2.97. The number of benzene rings is 2. The summed E-state index contributed by atoms with van der Waals surface area (Å²) < 4.78 is 49.5. The van der Waals surface area contributed by atoms with E-state index in [1.165, 1.54) is 42.3 Å². The Kier molecular flexibility index (Phi) is 6.38. The van der Waals surface area contributed by atoms with Crippen molar-refractivity contribution in [2.45, 2.75) is 13.0 Å². The summed E-state index contributed by atoms with van der Waals surface area (Å²) in [7, 11) is 1.36. The lowest BCUT2D eigenvalue weighted by molar-refractivity contribution is -0.0512. The van der Waals surface area contributed by atoms with E-state index in [9.17, 15) is 18.0 Å². The third kappa shape index (κ3) is 5.07. The van der Waals surface area contributed by atoms with Gasteiger partial charge in [-0.2, -0.15) is 13.9 Å². The van der Waals surface area contributed by atoms with Crippen molar-refractivity contribution < 1.29 is 27.4 Å². The van der Waals surface area contributed by atoms with Crippen molar-refractivity contribution in [2.75, 3.05) is 13.7 Å². The Bertz CT molecular complexity index is 992. The number of para-hydroxylation sites is 1. The van der Waals surface area contributed by atoms with Gasteiger partial charge in [-0.3, -0.25) is 4.79 Å². The van der Waals surface area contributed by atoms with Gasteiger partial charge in [0.25, 0.3) is 5.91 Å². The van der Waals surface area contributed by atoms with E-state index < -0.39 is 18.3 Å². The Balaban J connectivity index is 1.60. The molecule has 1 aromatic heterocycles. The summed E-state index contributed by atoms with van der Waals surface area (Å²) in [6.07, 6.45) is 1.87. The van der Waals surface area contributed by atoms with Gasteiger partial charge in [0.15, 0.2) is 17.2 Å². The zero-order valence-electron chi connectivity index (χ0n) is 15.4. The number of hydrogen-bond acceptors (Lipinski definition) is 4. The van der Waals surface area contributed by atoms with Crippen LogP contribution in [0.3, 0.4) is 0 Å². The molecule has 9 heteroatoms. The van der Waals surface area contributed by atoms with Crippen molar-refractivity contribution >= 4 is 5.91 Å². The summed E-state index contributed by atoms with van der Waals surface area (Å²) in [5.41, 5.74) is 1.04. The Morgan fingerprint density at radius 3 is 2.69 bits per heavy atom. The van der Waals surface area contributed by atoms with E-state index in [1.807, 2.05) is 0 Å². The summed E-state index contributed by atoms with van der Waals surface area (Å²) in [4.78, 5) is 12.3. The van der Waals surface area contributed by atoms with Gasteiger partial charge in [-0.05, 0) is 42.3 Å². The highest BCUT2D eigenvalue weighted by Gasteiger charge is 2.13. The number of aromatic nitrogens is 2. The number of halogens is 3. The van der Waals surface area contributed by atoms with Crippen molar-refractivity contribution in [3.05, 3.63) is 71.8 Å². The molecule has 1 amide bonds. The SMILES string of the molecule is COc1ccc(CCNC(=O)c2ccn(-c3ccccc3F)n2)cc1OC(F)F. The van der Waals surface area contributed by atoms with E-state index in [1.54, 1.807) is 24.3 Å². The molecule has 0 radical (unpaired) electrons. The maximum Gasteiger partial charge on any atom is 0.387 e. The fourth-order valence-electron chi connectivity index (χ4n) is 2.69. The van der Waals surface area contributed by atoms with Crippen molar-refractivity contribution in [1.82, 2.24) is 15.1 Å². The van der Waals surface area contributed by atoms with Crippen LogP contribution in [-0.4, -0.2) is 36.0 Å². The Hall–Kier alpha value is -3.49. The van der Waals surface area contributed by atoms with Gasteiger partial charge in [0.2, 0.25) is 0 Å². The van der Waals surface area contributed by atoms with Crippen molar-refractivity contribution in [2.24, 2.45) is 0 Å². The minimum absolute atomic E-state index is 0.0741. The summed E-state index contributed by atoms with van der Waals surface area (Å²) in [6.45, 7) is -2.73. The summed E-state index contributed by atoms with van der Waals surface area (Å²) in [6, 6.07) is 12.2. The first-order valence-electron chi connectivity index (χ1n) is 8.68. The first-order valence-corrected chi connectivity index (χ1v) is 8.68. The van der Waals surface area contributed by atoms with Gasteiger partial charge in [-0.25, -0.2) is 9.07 Å². The molecule has 0 aliphatic carbocycles. The Morgan fingerprint density at radius 2 is 1.97 bits per heavy atom. The number of hydrogen-bond donors (Lipinski definition) is 1. The van der Waals surface area contributed by atoms with Crippen LogP contribution in [-0.2, 0) is 6.42 Å². The largest absolute Gasteiger partial charge is 0.493 e. The molecule has 0 unspecified atom stereocenters. The zero-order valence-corrected chi connectivity index (χ0v) is 15.4. The van der Waals surface area contributed by atoms with Crippen molar-refractivity contribution in [1.29, 1.82) is 0 Å². The second kappa shape index (κ2) is 9.13. The molecular weight excluding hydrogens is 387 g/mol. The maximum absolute atomic E-state index is 13.8. The highest BCUT2D eigenvalue weighted by atomic mass is 19.3. The molecule has 0 saturated carbocycles. The number of nitrogens with one attached hydrogen (secondary N) is 1. The lowest BCUT2D eigenvalue weighted by atomic mass is 10.1. The monoisotopic (exact) mass is 405 g/mol. The van der Waals surface area contributed by atoms with E-state index in [0.29, 0.717) is 12.0 Å². The van der Waals surface area contributed by atoms with E-state index in [-0.39, 0.29) is 29.4 Å². The van der Waals surface area contributed by atoms with Gasteiger partial charge >= 0.3 is 6.61 Å². The van der Waals surface area contributed by atoms with Crippen molar-refractivity contribution in [3.63, 3.8) is 0 Å². The lowest BCUT2D eigenvalue weighted by Crippen LogP contribution is -2.26. The minimum Gasteiger partial charge on any atom is -0.493 e. The molecule has 152 valence electrons. The quantitative estimate of drug-likeness (QED) is 0.622. The van der Waals surface area contributed by atoms with E-state index >= 15 is 0 Å². The normalized spacial score (nSPS) is 10.8. The fourth-order valence-corrected chi connectivity index (χ4v) is 2.69. The number of methoxy groups -OCH3 is 1. The third-order valence-electron chi connectivity index (χ3n) is 4.06. The predicted molar refractivity (Wildman–Crippen MR) is 99.2 cm³/mol. The first-order chi connectivity index (χ1) is 14.0. The molecule has 0 bridgehead atoms. The molecule has 0 atom stereocenters. The molecule has 0 fully saturated rings. The molecule has 2 aromatic carbocycles. The first kappa shape index (κ1) is 20.2. The molecule has 29 heavy (non-hydrogen) atoms. The molecule has 3 rings (SSSR count). The molecule has 1 heterocycles. The summed E-state index contributed by atoms with van der Waals surface area (Å²) in [5, 5.41) is 6.77. The Morgan fingerprint density at radius 1 is 1.17 bits per heavy atom. The number of nitrogens with zero attached hydrogens (tertiary/aromatic N) is 2. The molecule has 0 saturated heterocycles. The molecule has 0 aliphatic heterocycles. The van der Waals surface area contributed by atoms with Crippen LogP contribution in [0.5, 0.6) is 11.5 Å². The van der Waals surface area contributed by atoms with Gasteiger partial charge < -0.3 is 14.8 Å². The summed E-state index contributed by atoms with van der Waals surface area (Å²) >= 11 is 0. The molecular formula is C20H18F3N3O3. The smallest absolute Gasteiger partial charge is 0.387 e. The average molecular weight is 405 g/mol. The molecule has 1 N–H and O–H groups in total. The number of alkyl halides is 2. The van der Waals surface area contributed by atoms with Crippen LogP contribution >= 0.6 is 0 Å². The van der Waals surface area contributed by atoms with E-state index in [4.69, 9.17) is 4.74 Å².